The highest BCUT2D eigenvalue weighted by Gasteiger charge is 2.28. The van der Waals surface area contributed by atoms with Gasteiger partial charge in [-0.05, 0) is 17.6 Å². The normalized spacial score (nSPS) is 15.9. The zero-order valence-electron chi connectivity index (χ0n) is 11.9. The van der Waals surface area contributed by atoms with Gasteiger partial charge < -0.3 is 0 Å². The molecule has 0 rings (SSSR count). The molecule has 0 saturated carbocycles. The molecule has 0 aliphatic heterocycles. The minimum atomic E-state index is 0.166. The van der Waals surface area contributed by atoms with Gasteiger partial charge in [0, 0.05) is 17.1 Å². The van der Waals surface area contributed by atoms with Gasteiger partial charge in [0.05, 0.1) is 0 Å². The first-order valence-electron chi connectivity index (χ1n) is 6.44. The lowest BCUT2D eigenvalue weighted by atomic mass is 9.86. The van der Waals surface area contributed by atoms with Gasteiger partial charge in [-0.1, -0.05) is 48.5 Å². The largest absolute Gasteiger partial charge is 0.299 e. The standard InChI is InChI=1S/C14H28OS/c1-9(2)8-13(14(15)10(3)4)12(7)16-11(5)6/h9-13H,8H2,1-7H3. The third-order valence-corrected chi connectivity index (χ3v) is 4.02. The van der Waals surface area contributed by atoms with Crippen molar-refractivity contribution in [3.8, 4) is 0 Å². The van der Waals surface area contributed by atoms with Crippen LogP contribution in [0, 0.1) is 17.8 Å². The molecule has 1 nitrogen and oxygen atoms in total. The minimum Gasteiger partial charge on any atom is -0.299 e. The first-order chi connectivity index (χ1) is 7.25. The van der Waals surface area contributed by atoms with Crippen LogP contribution in [-0.2, 0) is 4.79 Å². The Morgan fingerprint density at radius 1 is 1.00 bits per heavy atom. The van der Waals surface area contributed by atoms with Gasteiger partial charge in [0.25, 0.3) is 0 Å². The predicted octanol–water partition coefficient (Wildman–Crippen LogP) is 4.40. The van der Waals surface area contributed by atoms with Crippen molar-refractivity contribution in [3.05, 3.63) is 0 Å². The smallest absolute Gasteiger partial charge is 0.139 e. The van der Waals surface area contributed by atoms with Crippen LogP contribution >= 0.6 is 11.8 Å². The number of hydrogen-bond donors (Lipinski definition) is 0. The third-order valence-electron chi connectivity index (χ3n) is 2.71. The number of carbonyl (C=O) groups excluding carboxylic acids is 1. The molecule has 0 fully saturated rings. The lowest BCUT2D eigenvalue weighted by molar-refractivity contribution is -0.126. The second-order valence-electron chi connectivity index (χ2n) is 5.68. The quantitative estimate of drug-likeness (QED) is 0.660. The average Bonchev–Trinajstić information content (AvgIpc) is 2.11. The van der Waals surface area contributed by atoms with E-state index in [1.807, 2.05) is 25.6 Å². The van der Waals surface area contributed by atoms with Crippen LogP contribution in [-0.4, -0.2) is 16.3 Å². The van der Waals surface area contributed by atoms with E-state index in [1.165, 1.54) is 0 Å². The summed E-state index contributed by atoms with van der Waals surface area (Å²) in [5.41, 5.74) is 0. The molecule has 0 spiro atoms. The van der Waals surface area contributed by atoms with Crippen LogP contribution in [0.2, 0.25) is 0 Å². The highest BCUT2D eigenvalue weighted by atomic mass is 32.2. The summed E-state index contributed by atoms with van der Waals surface area (Å²) in [5.74, 6) is 1.43. The summed E-state index contributed by atoms with van der Waals surface area (Å²) in [6, 6.07) is 0. The van der Waals surface area contributed by atoms with Crippen molar-refractivity contribution in [2.24, 2.45) is 17.8 Å². The molecule has 2 atom stereocenters. The van der Waals surface area contributed by atoms with Crippen molar-refractivity contribution in [1.29, 1.82) is 0 Å². The van der Waals surface area contributed by atoms with E-state index in [-0.39, 0.29) is 11.8 Å². The van der Waals surface area contributed by atoms with Gasteiger partial charge in [0.15, 0.2) is 0 Å². The van der Waals surface area contributed by atoms with E-state index in [4.69, 9.17) is 0 Å². The van der Waals surface area contributed by atoms with E-state index in [0.29, 0.717) is 22.2 Å². The number of rotatable bonds is 7. The van der Waals surface area contributed by atoms with Crippen molar-refractivity contribution in [2.45, 2.75) is 65.4 Å². The van der Waals surface area contributed by atoms with Gasteiger partial charge in [-0.2, -0.15) is 11.8 Å². The highest BCUT2D eigenvalue weighted by molar-refractivity contribution is 8.00. The molecule has 0 bridgehead atoms. The molecule has 0 aromatic carbocycles. The summed E-state index contributed by atoms with van der Waals surface area (Å²) in [4.78, 5) is 12.2. The molecule has 0 aromatic heterocycles. The lowest BCUT2D eigenvalue weighted by Crippen LogP contribution is -2.29. The van der Waals surface area contributed by atoms with Crippen molar-refractivity contribution in [3.63, 3.8) is 0 Å². The molecule has 0 aromatic rings. The summed E-state index contributed by atoms with van der Waals surface area (Å²) >= 11 is 1.93. The topological polar surface area (TPSA) is 17.1 Å². The van der Waals surface area contributed by atoms with Crippen molar-refractivity contribution in [2.75, 3.05) is 0 Å². The molecule has 0 saturated heterocycles. The fourth-order valence-corrected chi connectivity index (χ4v) is 3.29. The van der Waals surface area contributed by atoms with Crippen LogP contribution in [0.3, 0.4) is 0 Å². The van der Waals surface area contributed by atoms with E-state index in [9.17, 15) is 4.79 Å². The molecule has 2 heteroatoms. The van der Waals surface area contributed by atoms with E-state index >= 15 is 0 Å². The molecular formula is C14H28OS. The molecule has 0 aliphatic rings. The second kappa shape index (κ2) is 7.37. The fraction of sp³-hybridized carbons (Fsp3) is 0.929. The van der Waals surface area contributed by atoms with E-state index in [0.717, 1.165) is 6.42 Å². The second-order valence-corrected chi connectivity index (χ2v) is 7.64. The molecule has 16 heavy (non-hydrogen) atoms. The summed E-state index contributed by atoms with van der Waals surface area (Å²) in [7, 11) is 0. The molecule has 0 N–H and O–H groups in total. The average molecular weight is 244 g/mol. The molecule has 0 amide bonds. The van der Waals surface area contributed by atoms with Crippen LogP contribution in [0.15, 0.2) is 0 Å². The van der Waals surface area contributed by atoms with Crippen molar-refractivity contribution in [1.82, 2.24) is 0 Å². The molecule has 0 aliphatic carbocycles. The zero-order chi connectivity index (χ0) is 12.9. The molecule has 0 heterocycles. The maximum absolute atomic E-state index is 12.2. The Morgan fingerprint density at radius 3 is 1.81 bits per heavy atom. The Hall–Kier alpha value is 0.0200. The van der Waals surface area contributed by atoms with Gasteiger partial charge in [0.2, 0.25) is 0 Å². The fourth-order valence-electron chi connectivity index (χ4n) is 2.00. The van der Waals surface area contributed by atoms with Gasteiger partial charge in [-0.25, -0.2) is 0 Å². The van der Waals surface area contributed by atoms with E-state index < -0.39 is 0 Å². The first-order valence-corrected chi connectivity index (χ1v) is 7.39. The van der Waals surface area contributed by atoms with E-state index in [2.05, 4.69) is 34.6 Å². The van der Waals surface area contributed by atoms with Gasteiger partial charge in [-0.15, -0.1) is 0 Å². The third kappa shape index (κ3) is 5.93. The van der Waals surface area contributed by atoms with Gasteiger partial charge in [-0.3, -0.25) is 4.79 Å². The zero-order valence-corrected chi connectivity index (χ0v) is 12.7. The Bertz CT molecular complexity index is 209. The summed E-state index contributed by atoms with van der Waals surface area (Å²) in [6.07, 6.45) is 1.03. The van der Waals surface area contributed by atoms with Crippen molar-refractivity contribution < 1.29 is 4.79 Å². The molecule has 0 radical (unpaired) electrons. The minimum absolute atomic E-state index is 0.166. The maximum atomic E-state index is 12.2. The number of hydrogen-bond acceptors (Lipinski definition) is 2. The maximum Gasteiger partial charge on any atom is 0.139 e. The Morgan fingerprint density at radius 2 is 1.50 bits per heavy atom. The van der Waals surface area contributed by atoms with Crippen LogP contribution < -0.4 is 0 Å². The molecular weight excluding hydrogens is 216 g/mol. The summed E-state index contributed by atoms with van der Waals surface area (Å²) in [6.45, 7) is 15.0. The van der Waals surface area contributed by atoms with Crippen LogP contribution in [0.1, 0.15) is 54.9 Å². The highest BCUT2D eigenvalue weighted by Crippen LogP contribution is 2.30. The Labute approximate surface area is 106 Å². The number of ketones is 1. The van der Waals surface area contributed by atoms with E-state index in [1.54, 1.807) is 0 Å². The van der Waals surface area contributed by atoms with Crippen LogP contribution in [0.4, 0.5) is 0 Å². The summed E-state index contributed by atoms with van der Waals surface area (Å²) in [5, 5.41) is 1.04. The SMILES string of the molecule is CC(C)CC(C(=O)C(C)C)C(C)SC(C)C. The molecule has 2 unspecified atom stereocenters. The lowest BCUT2D eigenvalue weighted by Gasteiger charge is -2.26. The Balaban J connectivity index is 4.59. The van der Waals surface area contributed by atoms with Crippen molar-refractivity contribution >= 4 is 17.5 Å². The number of carbonyl (C=O) groups is 1. The number of Topliss-reactive ketones (excluding diaryl/α,β-unsaturated/α-hetero) is 1. The first kappa shape index (κ1) is 16.0. The molecule has 96 valence electrons. The predicted molar refractivity (Wildman–Crippen MR) is 75.0 cm³/mol. The van der Waals surface area contributed by atoms with Crippen LogP contribution in [0.5, 0.6) is 0 Å². The van der Waals surface area contributed by atoms with Gasteiger partial charge >= 0.3 is 0 Å². The Kier molecular flexibility index (Phi) is 7.38. The monoisotopic (exact) mass is 244 g/mol. The van der Waals surface area contributed by atoms with Crippen LogP contribution in [0.25, 0.3) is 0 Å². The number of thioether (sulfide) groups is 1. The van der Waals surface area contributed by atoms with Gasteiger partial charge in [0.1, 0.15) is 5.78 Å². The summed E-state index contributed by atoms with van der Waals surface area (Å²) < 4.78 is 0.